The van der Waals surface area contributed by atoms with Gasteiger partial charge in [0.2, 0.25) is 0 Å². The fraction of sp³-hybridized carbons (Fsp3) is 0.438. The molecule has 0 spiro atoms. The van der Waals surface area contributed by atoms with E-state index in [0.29, 0.717) is 33.7 Å². The van der Waals surface area contributed by atoms with Gasteiger partial charge in [0, 0.05) is 11.6 Å². The van der Waals surface area contributed by atoms with Crippen LogP contribution in [-0.2, 0) is 11.0 Å². The Balaban J connectivity index is 2.16. The zero-order chi connectivity index (χ0) is 16.5. The standard InChI is InChI=1S/C16H21Cl2NO2Si/c1-16(2,3)22(4,5)20-10-11-9-14(19-21-11)15-12(17)7-6-8-13(15)18/h6-9H,10H2,1-5H3. The second-order valence-corrected chi connectivity index (χ2v) is 12.4. The summed E-state index contributed by atoms with van der Waals surface area (Å²) in [5, 5.41) is 5.32. The topological polar surface area (TPSA) is 35.3 Å². The highest BCUT2D eigenvalue weighted by atomic mass is 35.5. The molecule has 1 aromatic carbocycles. The Morgan fingerprint density at radius 1 is 1.18 bits per heavy atom. The van der Waals surface area contributed by atoms with Gasteiger partial charge in [-0.05, 0) is 30.3 Å². The van der Waals surface area contributed by atoms with Gasteiger partial charge in [-0.3, -0.25) is 0 Å². The van der Waals surface area contributed by atoms with Gasteiger partial charge in [-0.1, -0.05) is 55.2 Å². The Bertz CT molecular complexity index is 642. The summed E-state index contributed by atoms with van der Waals surface area (Å²) in [4.78, 5) is 0. The van der Waals surface area contributed by atoms with E-state index in [0.717, 1.165) is 0 Å². The smallest absolute Gasteiger partial charge is 0.192 e. The van der Waals surface area contributed by atoms with E-state index < -0.39 is 8.32 Å². The molecule has 0 atom stereocenters. The third kappa shape index (κ3) is 3.74. The van der Waals surface area contributed by atoms with E-state index >= 15 is 0 Å². The highest BCUT2D eigenvalue weighted by Crippen LogP contribution is 2.38. The van der Waals surface area contributed by atoms with E-state index in [1.54, 1.807) is 18.2 Å². The summed E-state index contributed by atoms with van der Waals surface area (Å²) in [5.74, 6) is 0.677. The quantitative estimate of drug-likeness (QED) is 0.613. The summed E-state index contributed by atoms with van der Waals surface area (Å²) in [6, 6.07) is 7.20. The van der Waals surface area contributed by atoms with Crippen molar-refractivity contribution in [1.29, 1.82) is 0 Å². The van der Waals surface area contributed by atoms with E-state index in [9.17, 15) is 0 Å². The lowest BCUT2D eigenvalue weighted by molar-refractivity contribution is 0.230. The summed E-state index contributed by atoms with van der Waals surface area (Å²) in [7, 11) is -1.82. The van der Waals surface area contributed by atoms with Crippen molar-refractivity contribution in [1.82, 2.24) is 5.16 Å². The molecule has 0 aliphatic carbocycles. The second-order valence-electron chi connectivity index (χ2n) is 6.82. The van der Waals surface area contributed by atoms with Crippen LogP contribution in [0.25, 0.3) is 11.3 Å². The molecule has 0 saturated heterocycles. The van der Waals surface area contributed by atoms with Gasteiger partial charge in [-0.2, -0.15) is 0 Å². The van der Waals surface area contributed by atoms with E-state index in [4.69, 9.17) is 32.2 Å². The molecule has 6 heteroatoms. The van der Waals surface area contributed by atoms with Crippen molar-refractivity contribution in [3.8, 4) is 11.3 Å². The number of hydrogen-bond acceptors (Lipinski definition) is 3. The summed E-state index contributed by atoms with van der Waals surface area (Å²) in [6.07, 6.45) is 0. The molecule has 1 aromatic heterocycles. The van der Waals surface area contributed by atoms with Gasteiger partial charge in [0.1, 0.15) is 5.69 Å². The molecule has 0 amide bonds. The second kappa shape index (κ2) is 6.36. The van der Waals surface area contributed by atoms with Crippen LogP contribution in [0.15, 0.2) is 28.8 Å². The molecule has 0 radical (unpaired) electrons. The minimum Gasteiger partial charge on any atom is -0.409 e. The van der Waals surface area contributed by atoms with E-state index in [1.807, 2.05) is 6.07 Å². The molecule has 0 bridgehead atoms. The molecule has 0 aliphatic heterocycles. The SMILES string of the molecule is CC(C)(C)[Si](C)(C)OCc1cc(-c2c(Cl)cccc2Cl)no1. The molecule has 0 N–H and O–H groups in total. The van der Waals surface area contributed by atoms with Gasteiger partial charge in [0.15, 0.2) is 14.1 Å². The molecular weight excluding hydrogens is 337 g/mol. The largest absolute Gasteiger partial charge is 0.409 e. The molecule has 22 heavy (non-hydrogen) atoms. The predicted octanol–water partition coefficient (Wildman–Crippen LogP) is 6.17. The number of aromatic nitrogens is 1. The van der Waals surface area contributed by atoms with E-state index in [2.05, 4.69) is 39.0 Å². The van der Waals surface area contributed by atoms with Crippen molar-refractivity contribution in [3.63, 3.8) is 0 Å². The number of rotatable bonds is 4. The maximum Gasteiger partial charge on any atom is 0.192 e. The summed E-state index contributed by atoms with van der Waals surface area (Å²) in [5.41, 5.74) is 1.32. The Hall–Kier alpha value is -0.813. The summed E-state index contributed by atoms with van der Waals surface area (Å²) in [6.45, 7) is 11.4. The highest BCUT2D eigenvalue weighted by Gasteiger charge is 2.37. The Kier molecular flexibility index (Phi) is 5.07. The van der Waals surface area contributed by atoms with Crippen molar-refractivity contribution < 1.29 is 8.95 Å². The lowest BCUT2D eigenvalue weighted by Crippen LogP contribution is -2.40. The molecule has 0 saturated carbocycles. The van der Waals surface area contributed by atoms with Crippen LogP contribution < -0.4 is 0 Å². The first-order chi connectivity index (χ1) is 10.1. The molecule has 2 aromatic rings. The number of benzene rings is 1. The Morgan fingerprint density at radius 2 is 1.77 bits per heavy atom. The molecule has 2 rings (SSSR count). The van der Waals surface area contributed by atoms with Gasteiger partial charge in [-0.25, -0.2) is 0 Å². The number of nitrogens with zero attached hydrogens (tertiary/aromatic N) is 1. The van der Waals surface area contributed by atoms with Crippen LogP contribution in [0.3, 0.4) is 0 Å². The van der Waals surface area contributed by atoms with Crippen LogP contribution in [0.2, 0.25) is 28.2 Å². The minimum absolute atomic E-state index is 0.155. The number of halogens is 2. The zero-order valence-corrected chi connectivity index (χ0v) is 16.0. The van der Waals surface area contributed by atoms with Gasteiger partial charge in [0.05, 0.1) is 16.7 Å². The maximum absolute atomic E-state index is 6.19. The van der Waals surface area contributed by atoms with Gasteiger partial charge in [-0.15, -0.1) is 0 Å². The molecule has 1 heterocycles. The third-order valence-electron chi connectivity index (χ3n) is 4.16. The van der Waals surface area contributed by atoms with Crippen molar-refractivity contribution >= 4 is 31.5 Å². The third-order valence-corrected chi connectivity index (χ3v) is 9.27. The molecule has 120 valence electrons. The molecular formula is C16H21Cl2NO2Si. The normalized spacial score (nSPS) is 12.7. The van der Waals surface area contributed by atoms with Gasteiger partial charge < -0.3 is 8.95 Å². The van der Waals surface area contributed by atoms with Crippen LogP contribution in [0.5, 0.6) is 0 Å². The van der Waals surface area contributed by atoms with Crippen LogP contribution in [0, 0.1) is 0 Å². The molecule has 3 nitrogen and oxygen atoms in total. The fourth-order valence-electron chi connectivity index (χ4n) is 1.71. The summed E-state index contributed by atoms with van der Waals surface area (Å²) < 4.78 is 11.5. The van der Waals surface area contributed by atoms with Crippen molar-refractivity contribution in [3.05, 3.63) is 40.1 Å². The number of hydrogen-bond donors (Lipinski definition) is 0. The van der Waals surface area contributed by atoms with E-state index in [-0.39, 0.29) is 5.04 Å². The van der Waals surface area contributed by atoms with Crippen LogP contribution >= 0.6 is 23.2 Å². The molecule has 0 aliphatic rings. The molecule has 0 unspecified atom stereocenters. The lowest BCUT2D eigenvalue weighted by Gasteiger charge is -2.35. The Labute approximate surface area is 142 Å². The first-order valence-corrected chi connectivity index (χ1v) is 10.8. The van der Waals surface area contributed by atoms with Gasteiger partial charge in [0.25, 0.3) is 0 Å². The fourth-order valence-corrected chi connectivity index (χ4v) is 3.24. The average molecular weight is 358 g/mol. The highest BCUT2D eigenvalue weighted by molar-refractivity contribution is 6.74. The van der Waals surface area contributed by atoms with Crippen LogP contribution in [0.1, 0.15) is 26.5 Å². The Morgan fingerprint density at radius 3 is 2.32 bits per heavy atom. The zero-order valence-electron chi connectivity index (χ0n) is 13.5. The molecule has 0 fully saturated rings. The van der Waals surface area contributed by atoms with Crippen LogP contribution in [-0.4, -0.2) is 13.5 Å². The van der Waals surface area contributed by atoms with Crippen molar-refractivity contribution in [2.75, 3.05) is 0 Å². The van der Waals surface area contributed by atoms with Gasteiger partial charge >= 0.3 is 0 Å². The summed E-state index contributed by atoms with van der Waals surface area (Å²) >= 11 is 12.4. The van der Waals surface area contributed by atoms with Crippen molar-refractivity contribution in [2.24, 2.45) is 0 Å². The van der Waals surface area contributed by atoms with E-state index in [1.165, 1.54) is 0 Å². The predicted molar refractivity (Wildman–Crippen MR) is 93.9 cm³/mol. The first-order valence-electron chi connectivity index (χ1n) is 7.16. The monoisotopic (exact) mass is 357 g/mol. The average Bonchev–Trinajstić information content (AvgIpc) is 2.83. The lowest BCUT2D eigenvalue weighted by atomic mass is 10.1. The minimum atomic E-state index is -1.82. The van der Waals surface area contributed by atoms with Crippen LogP contribution in [0.4, 0.5) is 0 Å². The van der Waals surface area contributed by atoms with Crippen molar-refractivity contribution in [2.45, 2.75) is 45.5 Å². The maximum atomic E-state index is 6.19. The first kappa shape index (κ1) is 17.5.